The molecular formula is C21H16FN3O3. The number of aromatic nitrogens is 3. The largest absolute Gasteiger partial charge is 0.494 e. The Hall–Kier alpha value is -3.74. The van der Waals surface area contributed by atoms with E-state index in [1.54, 1.807) is 24.3 Å². The highest BCUT2D eigenvalue weighted by atomic mass is 19.1. The number of hydrogen-bond donors (Lipinski definition) is 2. The zero-order valence-corrected chi connectivity index (χ0v) is 14.9. The van der Waals surface area contributed by atoms with E-state index in [9.17, 15) is 14.3 Å². The lowest BCUT2D eigenvalue weighted by atomic mass is 10.0. The van der Waals surface area contributed by atoms with Gasteiger partial charge in [0.05, 0.1) is 28.9 Å². The fourth-order valence-corrected chi connectivity index (χ4v) is 3.08. The molecule has 0 aliphatic rings. The van der Waals surface area contributed by atoms with Crippen LogP contribution in [0.5, 0.6) is 5.75 Å². The maximum Gasteiger partial charge on any atom is 0.336 e. The van der Waals surface area contributed by atoms with Gasteiger partial charge in [0.1, 0.15) is 11.6 Å². The highest BCUT2D eigenvalue weighted by Crippen LogP contribution is 2.32. The van der Waals surface area contributed by atoms with E-state index in [1.807, 2.05) is 19.1 Å². The van der Waals surface area contributed by atoms with Crippen LogP contribution in [0.4, 0.5) is 4.39 Å². The van der Waals surface area contributed by atoms with Crippen LogP contribution in [0.15, 0.2) is 54.6 Å². The van der Waals surface area contributed by atoms with Crippen LogP contribution in [0.1, 0.15) is 17.3 Å². The lowest BCUT2D eigenvalue weighted by Gasteiger charge is -2.07. The molecule has 0 spiro atoms. The molecule has 0 saturated carbocycles. The van der Waals surface area contributed by atoms with Crippen molar-refractivity contribution in [2.45, 2.75) is 6.92 Å². The van der Waals surface area contributed by atoms with Crippen molar-refractivity contribution in [3.8, 4) is 28.3 Å². The summed E-state index contributed by atoms with van der Waals surface area (Å²) >= 11 is 0. The average molecular weight is 377 g/mol. The number of carbonyl (C=O) groups is 1. The van der Waals surface area contributed by atoms with Gasteiger partial charge in [0.2, 0.25) is 0 Å². The quantitative estimate of drug-likeness (QED) is 0.534. The summed E-state index contributed by atoms with van der Waals surface area (Å²) in [5.41, 5.74) is 2.43. The van der Waals surface area contributed by atoms with Gasteiger partial charge in [0.15, 0.2) is 5.65 Å². The number of H-pyrrole nitrogens is 1. The number of aromatic amines is 1. The maximum absolute atomic E-state index is 13.6. The van der Waals surface area contributed by atoms with Gasteiger partial charge in [-0.25, -0.2) is 14.2 Å². The summed E-state index contributed by atoms with van der Waals surface area (Å²) in [5, 5.41) is 17.2. The highest BCUT2D eigenvalue weighted by molar-refractivity contribution is 6.08. The van der Waals surface area contributed by atoms with E-state index >= 15 is 0 Å². The summed E-state index contributed by atoms with van der Waals surface area (Å²) in [6.45, 7) is 2.46. The molecule has 4 rings (SSSR count). The fraction of sp³-hybridized carbons (Fsp3) is 0.0952. The van der Waals surface area contributed by atoms with Crippen LogP contribution in [0.25, 0.3) is 33.5 Å². The lowest BCUT2D eigenvalue weighted by Crippen LogP contribution is -2.00. The topological polar surface area (TPSA) is 88.1 Å². The monoisotopic (exact) mass is 377 g/mol. The summed E-state index contributed by atoms with van der Waals surface area (Å²) in [4.78, 5) is 16.3. The van der Waals surface area contributed by atoms with Crippen LogP contribution < -0.4 is 4.74 Å². The van der Waals surface area contributed by atoms with Gasteiger partial charge in [-0.1, -0.05) is 12.1 Å². The third-order valence-corrected chi connectivity index (χ3v) is 4.33. The Bertz CT molecular complexity index is 1170. The molecule has 0 bridgehead atoms. The Kier molecular flexibility index (Phi) is 4.49. The molecule has 0 radical (unpaired) electrons. The summed E-state index contributed by atoms with van der Waals surface area (Å²) in [5.74, 6) is -0.813. The first-order chi connectivity index (χ1) is 13.6. The average Bonchev–Trinajstić information content (AvgIpc) is 3.12. The minimum Gasteiger partial charge on any atom is -0.494 e. The normalized spacial score (nSPS) is 10.9. The molecule has 0 unspecified atom stereocenters. The summed E-state index contributed by atoms with van der Waals surface area (Å²) in [6.07, 6.45) is 0. The van der Waals surface area contributed by atoms with Crippen molar-refractivity contribution < 1.29 is 19.0 Å². The molecular weight excluding hydrogens is 361 g/mol. The molecule has 28 heavy (non-hydrogen) atoms. The van der Waals surface area contributed by atoms with Crippen LogP contribution >= 0.6 is 0 Å². The van der Waals surface area contributed by atoms with Crippen molar-refractivity contribution in [1.29, 1.82) is 0 Å². The van der Waals surface area contributed by atoms with Crippen molar-refractivity contribution in [2.75, 3.05) is 6.61 Å². The molecule has 7 heteroatoms. The van der Waals surface area contributed by atoms with Crippen molar-refractivity contribution in [3.05, 3.63) is 66.0 Å². The Morgan fingerprint density at radius 2 is 1.93 bits per heavy atom. The zero-order chi connectivity index (χ0) is 19.7. The second kappa shape index (κ2) is 7.11. The van der Waals surface area contributed by atoms with E-state index in [2.05, 4.69) is 15.2 Å². The fourth-order valence-electron chi connectivity index (χ4n) is 3.08. The number of benzene rings is 2. The van der Waals surface area contributed by atoms with Gasteiger partial charge >= 0.3 is 5.97 Å². The van der Waals surface area contributed by atoms with Crippen LogP contribution in [-0.4, -0.2) is 32.9 Å². The van der Waals surface area contributed by atoms with Crippen molar-refractivity contribution in [1.82, 2.24) is 15.2 Å². The van der Waals surface area contributed by atoms with Gasteiger partial charge in [-0.3, -0.25) is 5.10 Å². The molecule has 2 aromatic carbocycles. The van der Waals surface area contributed by atoms with E-state index in [0.717, 1.165) is 11.3 Å². The second-order valence-corrected chi connectivity index (χ2v) is 6.13. The summed E-state index contributed by atoms with van der Waals surface area (Å²) in [6, 6.07) is 14.5. The number of aromatic carboxylic acids is 1. The number of pyridine rings is 1. The van der Waals surface area contributed by atoms with Gasteiger partial charge in [0.25, 0.3) is 0 Å². The Morgan fingerprint density at radius 1 is 1.14 bits per heavy atom. The number of hydrogen-bond acceptors (Lipinski definition) is 4. The minimum absolute atomic E-state index is 0.0434. The van der Waals surface area contributed by atoms with E-state index < -0.39 is 11.8 Å². The molecule has 2 aromatic heterocycles. The van der Waals surface area contributed by atoms with E-state index in [4.69, 9.17) is 4.74 Å². The minimum atomic E-state index is -1.11. The highest BCUT2D eigenvalue weighted by Gasteiger charge is 2.20. The SMILES string of the molecule is CCOc1ccc(-c2[nH]nc3nc(-c4cccc(F)c4)cc(C(=O)O)c23)cc1. The first-order valence-electron chi connectivity index (χ1n) is 8.68. The number of ether oxygens (including phenoxy) is 1. The van der Waals surface area contributed by atoms with E-state index in [0.29, 0.717) is 28.9 Å². The lowest BCUT2D eigenvalue weighted by molar-refractivity contribution is 0.0699. The number of nitrogens with one attached hydrogen (secondary N) is 1. The Balaban J connectivity index is 1.87. The first kappa shape index (κ1) is 17.7. The van der Waals surface area contributed by atoms with Crippen molar-refractivity contribution in [3.63, 3.8) is 0 Å². The molecule has 140 valence electrons. The first-order valence-corrected chi connectivity index (χ1v) is 8.68. The van der Waals surface area contributed by atoms with Crippen LogP contribution in [0.3, 0.4) is 0 Å². The molecule has 6 nitrogen and oxygen atoms in total. The van der Waals surface area contributed by atoms with Crippen molar-refractivity contribution >= 4 is 17.0 Å². The van der Waals surface area contributed by atoms with Crippen LogP contribution in [0, 0.1) is 5.82 Å². The molecule has 0 saturated heterocycles. The maximum atomic E-state index is 13.6. The van der Waals surface area contributed by atoms with Crippen LogP contribution in [-0.2, 0) is 0 Å². The molecule has 4 aromatic rings. The van der Waals surface area contributed by atoms with Gasteiger partial charge < -0.3 is 9.84 Å². The number of nitrogens with zero attached hydrogens (tertiary/aromatic N) is 2. The van der Waals surface area contributed by atoms with Gasteiger partial charge in [-0.2, -0.15) is 5.10 Å². The standard InChI is InChI=1S/C21H16FN3O3/c1-2-28-15-8-6-12(7-9-15)19-18-16(21(26)27)11-17(23-20(18)25-24-19)13-4-3-5-14(22)10-13/h3-11H,2H2,1H3,(H,26,27)(H,23,24,25). The van der Waals surface area contributed by atoms with Gasteiger partial charge in [-0.05, 0) is 49.4 Å². The number of carboxylic acids is 1. The van der Waals surface area contributed by atoms with Gasteiger partial charge in [0, 0.05) is 11.1 Å². The van der Waals surface area contributed by atoms with Gasteiger partial charge in [-0.15, -0.1) is 0 Å². The van der Waals surface area contributed by atoms with Crippen LogP contribution in [0.2, 0.25) is 0 Å². The number of halogens is 1. The number of carboxylic acid groups (broad SMARTS) is 1. The molecule has 0 atom stereocenters. The molecule has 0 aliphatic carbocycles. The van der Waals surface area contributed by atoms with Crippen molar-refractivity contribution in [2.24, 2.45) is 0 Å². The smallest absolute Gasteiger partial charge is 0.336 e. The zero-order valence-electron chi connectivity index (χ0n) is 14.9. The third-order valence-electron chi connectivity index (χ3n) is 4.33. The Morgan fingerprint density at radius 3 is 2.61 bits per heavy atom. The molecule has 0 fully saturated rings. The number of fused-ring (bicyclic) bond motifs is 1. The summed E-state index contributed by atoms with van der Waals surface area (Å²) < 4.78 is 19.0. The van der Waals surface area contributed by atoms with E-state index in [1.165, 1.54) is 18.2 Å². The predicted molar refractivity (Wildman–Crippen MR) is 103 cm³/mol. The second-order valence-electron chi connectivity index (χ2n) is 6.13. The van der Waals surface area contributed by atoms with E-state index in [-0.39, 0.29) is 11.2 Å². The number of rotatable bonds is 5. The molecule has 2 N–H and O–H groups in total. The predicted octanol–water partition coefficient (Wildman–Crippen LogP) is 4.53. The molecule has 0 amide bonds. The molecule has 0 aliphatic heterocycles. The Labute approximate surface area is 159 Å². The summed E-state index contributed by atoms with van der Waals surface area (Å²) in [7, 11) is 0. The third kappa shape index (κ3) is 3.18. The molecule has 2 heterocycles.